The Morgan fingerprint density at radius 2 is 1.89 bits per heavy atom. The van der Waals surface area contributed by atoms with Gasteiger partial charge in [0.05, 0.1) is 0 Å². The number of rotatable bonds is 6. The summed E-state index contributed by atoms with van der Waals surface area (Å²) >= 11 is 0. The molecular weight excluding hydrogens is 332 g/mol. The Bertz CT molecular complexity index is 601. The monoisotopic (exact) mass is 372 g/mol. The molecule has 1 aromatic rings. The molecule has 3 unspecified atom stereocenters. The lowest BCUT2D eigenvalue weighted by Gasteiger charge is -2.38. The molecule has 1 heterocycles. The van der Waals surface area contributed by atoms with E-state index >= 15 is 0 Å². The summed E-state index contributed by atoms with van der Waals surface area (Å²) < 4.78 is 6.07. The minimum absolute atomic E-state index is 0.172. The van der Waals surface area contributed by atoms with Gasteiger partial charge < -0.3 is 10.5 Å². The number of benzene rings is 1. The molecule has 3 heteroatoms. The first-order valence-electron chi connectivity index (χ1n) is 11.1. The van der Waals surface area contributed by atoms with Crippen LogP contribution in [-0.2, 0) is 12.8 Å². The van der Waals surface area contributed by atoms with Gasteiger partial charge in [0.2, 0.25) is 0 Å². The molecule has 152 valence electrons. The lowest BCUT2D eigenvalue weighted by molar-refractivity contribution is 0.179. The highest BCUT2D eigenvalue weighted by Crippen LogP contribution is 2.36. The number of nitrogens with two attached hydrogens (primary N) is 1. The van der Waals surface area contributed by atoms with E-state index in [-0.39, 0.29) is 11.5 Å². The first-order chi connectivity index (χ1) is 12.8. The van der Waals surface area contributed by atoms with Gasteiger partial charge >= 0.3 is 0 Å². The quantitative estimate of drug-likeness (QED) is 0.789. The number of ether oxygens (including phenoxy) is 1. The number of piperidine rings is 1. The highest BCUT2D eigenvalue weighted by atomic mass is 16.5. The van der Waals surface area contributed by atoms with Crippen LogP contribution in [0.15, 0.2) is 18.2 Å². The molecule has 1 aromatic carbocycles. The summed E-state index contributed by atoms with van der Waals surface area (Å²) in [7, 11) is 0. The Morgan fingerprint density at radius 1 is 1.15 bits per heavy atom. The van der Waals surface area contributed by atoms with E-state index in [1.807, 2.05) is 0 Å². The maximum absolute atomic E-state index is 6.56. The average Bonchev–Trinajstić information content (AvgIpc) is 2.66. The van der Waals surface area contributed by atoms with Crippen molar-refractivity contribution in [2.24, 2.45) is 23.0 Å². The van der Waals surface area contributed by atoms with Gasteiger partial charge in [-0.25, -0.2) is 0 Å². The molecule has 0 amide bonds. The Hall–Kier alpha value is -1.06. The fourth-order valence-corrected chi connectivity index (χ4v) is 4.86. The minimum Gasteiger partial charge on any atom is -0.492 e. The van der Waals surface area contributed by atoms with Crippen molar-refractivity contribution in [3.8, 4) is 5.75 Å². The zero-order valence-corrected chi connectivity index (χ0v) is 18.0. The molecule has 1 aliphatic carbocycles. The molecule has 3 atom stereocenters. The molecule has 1 fully saturated rings. The van der Waals surface area contributed by atoms with Gasteiger partial charge in [0.25, 0.3) is 0 Å². The molecule has 2 aliphatic rings. The van der Waals surface area contributed by atoms with Crippen molar-refractivity contribution in [3.05, 3.63) is 29.3 Å². The molecular formula is C24H40N2O. The third kappa shape index (κ3) is 5.48. The van der Waals surface area contributed by atoms with Crippen LogP contribution in [0.3, 0.4) is 0 Å². The summed E-state index contributed by atoms with van der Waals surface area (Å²) in [6.07, 6.45) is 7.64. The van der Waals surface area contributed by atoms with E-state index < -0.39 is 0 Å². The number of aryl methyl sites for hydroxylation is 1. The lowest BCUT2D eigenvalue weighted by Crippen LogP contribution is -2.44. The Balaban J connectivity index is 1.53. The Labute approximate surface area is 166 Å². The van der Waals surface area contributed by atoms with Crippen molar-refractivity contribution in [3.63, 3.8) is 0 Å². The first-order valence-corrected chi connectivity index (χ1v) is 11.1. The van der Waals surface area contributed by atoms with Crippen molar-refractivity contribution >= 4 is 0 Å². The summed E-state index contributed by atoms with van der Waals surface area (Å²) in [6.45, 7) is 13.5. The van der Waals surface area contributed by atoms with Gasteiger partial charge in [-0.2, -0.15) is 0 Å². The average molecular weight is 373 g/mol. The second kappa shape index (κ2) is 8.96. The molecule has 1 aliphatic heterocycles. The van der Waals surface area contributed by atoms with Gasteiger partial charge in [0.1, 0.15) is 12.4 Å². The maximum atomic E-state index is 6.56. The van der Waals surface area contributed by atoms with Gasteiger partial charge in [-0.05, 0) is 85.7 Å². The van der Waals surface area contributed by atoms with Crippen molar-refractivity contribution in [2.45, 2.75) is 72.3 Å². The number of fused-ring (bicyclic) bond motifs is 1. The van der Waals surface area contributed by atoms with Crippen LogP contribution in [0.25, 0.3) is 0 Å². The molecule has 3 nitrogen and oxygen atoms in total. The fraction of sp³-hybridized carbons (Fsp3) is 0.750. The summed E-state index contributed by atoms with van der Waals surface area (Å²) in [5, 5.41) is 0. The van der Waals surface area contributed by atoms with Crippen molar-refractivity contribution < 1.29 is 4.74 Å². The molecule has 0 radical (unpaired) electrons. The van der Waals surface area contributed by atoms with Crippen LogP contribution >= 0.6 is 0 Å². The molecule has 0 bridgehead atoms. The minimum atomic E-state index is 0.172. The van der Waals surface area contributed by atoms with E-state index in [2.05, 4.69) is 50.8 Å². The zero-order chi connectivity index (χ0) is 19.4. The van der Waals surface area contributed by atoms with E-state index in [9.17, 15) is 0 Å². The molecule has 0 saturated carbocycles. The third-order valence-electron chi connectivity index (χ3n) is 6.88. The fourth-order valence-electron chi connectivity index (χ4n) is 4.86. The van der Waals surface area contributed by atoms with Gasteiger partial charge in [0, 0.05) is 12.6 Å². The van der Waals surface area contributed by atoms with Gasteiger partial charge in [0.15, 0.2) is 0 Å². The highest BCUT2D eigenvalue weighted by Gasteiger charge is 2.33. The van der Waals surface area contributed by atoms with Gasteiger partial charge in [-0.15, -0.1) is 0 Å². The summed E-state index contributed by atoms with van der Waals surface area (Å²) in [5.74, 6) is 2.29. The maximum Gasteiger partial charge on any atom is 0.119 e. The number of hydrogen-bond donors (Lipinski definition) is 1. The number of hydrogen-bond acceptors (Lipinski definition) is 3. The smallest absolute Gasteiger partial charge is 0.119 e. The Morgan fingerprint density at radius 3 is 2.59 bits per heavy atom. The Kier molecular flexibility index (Phi) is 6.86. The van der Waals surface area contributed by atoms with Crippen LogP contribution < -0.4 is 10.5 Å². The molecule has 3 rings (SSSR count). The molecule has 27 heavy (non-hydrogen) atoms. The van der Waals surface area contributed by atoms with Crippen molar-refractivity contribution in [2.75, 3.05) is 26.2 Å². The molecule has 1 saturated heterocycles. The van der Waals surface area contributed by atoms with E-state index in [0.29, 0.717) is 11.8 Å². The van der Waals surface area contributed by atoms with E-state index in [0.717, 1.165) is 31.7 Å². The largest absolute Gasteiger partial charge is 0.492 e. The molecule has 0 spiro atoms. The second-order valence-electron chi connectivity index (χ2n) is 9.94. The number of likely N-dealkylation sites (tertiary alicyclic amines) is 1. The van der Waals surface area contributed by atoms with Crippen LogP contribution in [0.4, 0.5) is 0 Å². The standard InChI is InChI=1S/C24H40N2O/c1-18(23(25)24(2,3)4)19-8-9-21-17-22(11-10-20(21)16-19)27-15-14-26-12-6-5-7-13-26/h10-11,17-19,23H,5-9,12-16,25H2,1-4H3. The van der Waals surface area contributed by atoms with E-state index in [4.69, 9.17) is 10.5 Å². The number of nitrogens with zero attached hydrogens (tertiary/aromatic N) is 1. The van der Waals surface area contributed by atoms with E-state index in [1.165, 1.54) is 49.9 Å². The third-order valence-corrected chi connectivity index (χ3v) is 6.88. The van der Waals surface area contributed by atoms with Crippen LogP contribution in [-0.4, -0.2) is 37.2 Å². The predicted octanol–water partition coefficient (Wildman–Crippen LogP) is 4.67. The SMILES string of the molecule is CC(C1CCc2cc(OCCN3CCCCC3)ccc2C1)C(N)C(C)(C)C. The van der Waals surface area contributed by atoms with Crippen molar-refractivity contribution in [1.29, 1.82) is 0 Å². The first kappa shape index (κ1) is 20.7. The van der Waals surface area contributed by atoms with Gasteiger partial charge in [-0.1, -0.05) is 40.2 Å². The molecule has 2 N–H and O–H groups in total. The predicted molar refractivity (Wildman–Crippen MR) is 114 cm³/mol. The van der Waals surface area contributed by atoms with Crippen LogP contribution in [0.5, 0.6) is 5.75 Å². The van der Waals surface area contributed by atoms with Crippen LogP contribution in [0, 0.1) is 17.3 Å². The zero-order valence-electron chi connectivity index (χ0n) is 18.0. The van der Waals surface area contributed by atoms with Crippen LogP contribution in [0.1, 0.15) is 64.5 Å². The molecule has 0 aromatic heterocycles. The van der Waals surface area contributed by atoms with Crippen molar-refractivity contribution in [1.82, 2.24) is 4.90 Å². The van der Waals surface area contributed by atoms with E-state index in [1.54, 1.807) is 0 Å². The highest BCUT2D eigenvalue weighted by molar-refractivity contribution is 5.37. The summed E-state index contributed by atoms with van der Waals surface area (Å²) in [4.78, 5) is 2.53. The van der Waals surface area contributed by atoms with Crippen LogP contribution in [0.2, 0.25) is 0 Å². The van der Waals surface area contributed by atoms with Gasteiger partial charge in [-0.3, -0.25) is 4.90 Å². The second-order valence-corrected chi connectivity index (χ2v) is 9.94. The summed E-state index contributed by atoms with van der Waals surface area (Å²) in [5.41, 5.74) is 9.72. The lowest BCUT2D eigenvalue weighted by atomic mass is 9.70. The normalized spacial score (nSPS) is 23.5. The summed E-state index contributed by atoms with van der Waals surface area (Å²) in [6, 6.07) is 7.01. The topological polar surface area (TPSA) is 38.5 Å².